The predicted octanol–water partition coefficient (Wildman–Crippen LogP) is 1.55. The van der Waals surface area contributed by atoms with Crippen molar-refractivity contribution in [3.63, 3.8) is 0 Å². The largest absolute Gasteiger partial charge is 0.376 e. The van der Waals surface area contributed by atoms with Gasteiger partial charge >= 0.3 is 0 Å². The summed E-state index contributed by atoms with van der Waals surface area (Å²) in [5, 5.41) is 5.13. The van der Waals surface area contributed by atoms with E-state index < -0.39 is 27.9 Å². The number of hydrogen-bond acceptors (Lipinski definition) is 6. The lowest BCUT2D eigenvalue weighted by atomic mass is 9.87. The van der Waals surface area contributed by atoms with Crippen LogP contribution in [0, 0.1) is 5.92 Å². The molecule has 1 saturated carbocycles. The van der Waals surface area contributed by atoms with E-state index >= 15 is 0 Å². The van der Waals surface area contributed by atoms with E-state index in [1.807, 2.05) is 0 Å². The van der Waals surface area contributed by atoms with E-state index in [1.54, 1.807) is 4.90 Å². The molecule has 1 aliphatic carbocycles. The first kappa shape index (κ1) is 22.9. The molecule has 3 amide bonds. The first-order chi connectivity index (χ1) is 15.3. The second kappa shape index (κ2) is 9.29. The van der Waals surface area contributed by atoms with Gasteiger partial charge in [-0.2, -0.15) is 0 Å². The number of rotatable bonds is 6. The van der Waals surface area contributed by atoms with E-state index in [4.69, 9.17) is 9.88 Å². The number of primary sulfonamides is 1. The number of benzene rings is 1. The van der Waals surface area contributed by atoms with E-state index in [-0.39, 0.29) is 34.9 Å². The minimum absolute atomic E-state index is 0.0715. The summed E-state index contributed by atoms with van der Waals surface area (Å²) in [4.78, 5) is 42.1. The van der Waals surface area contributed by atoms with Crippen LogP contribution in [0.2, 0.25) is 0 Å². The Balaban J connectivity index is 1.57. The molecule has 2 atom stereocenters. The van der Waals surface area contributed by atoms with E-state index in [0.29, 0.717) is 13.2 Å². The van der Waals surface area contributed by atoms with Crippen molar-refractivity contribution in [2.75, 3.05) is 18.1 Å². The Morgan fingerprint density at radius 1 is 1.06 bits per heavy atom. The standard InChI is InChI=1S/C22H29N3O6S/c23-32(29,30)18-10-8-16(9-11-18)25-20(26)13-19(22(25)28)24(14-17-7-4-12-31-17)21(27)15-5-2-1-3-6-15/h8-11,15,17,19H,1-7,12-14H2,(H2,23,29,30). The number of nitrogens with two attached hydrogens (primary N) is 1. The second-order valence-corrected chi connectivity index (χ2v) is 10.3. The normalized spacial score (nSPS) is 24.8. The fourth-order valence-electron chi connectivity index (χ4n) is 4.88. The summed E-state index contributed by atoms with van der Waals surface area (Å²) in [5.74, 6) is -1.09. The molecular weight excluding hydrogens is 434 g/mol. The average Bonchev–Trinajstić information content (AvgIpc) is 3.39. The van der Waals surface area contributed by atoms with E-state index in [9.17, 15) is 22.8 Å². The van der Waals surface area contributed by atoms with Crippen molar-refractivity contribution in [1.29, 1.82) is 0 Å². The molecule has 10 heteroatoms. The highest BCUT2D eigenvalue weighted by molar-refractivity contribution is 7.89. The molecule has 1 aromatic carbocycles. The second-order valence-electron chi connectivity index (χ2n) is 8.79. The van der Waals surface area contributed by atoms with Gasteiger partial charge < -0.3 is 9.64 Å². The van der Waals surface area contributed by atoms with Crippen LogP contribution in [0.5, 0.6) is 0 Å². The third-order valence-corrected chi connectivity index (χ3v) is 7.51. The van der Waals surface area contributed by atoms with Gasteiger partial charge in [0, 0.05) is 19.1 Å². The molecule has 1 aromatic rings. The summed E-state index contributed by atoms with van der Waals surface area (Å²) in [6.07, 6.45) is 6.20. The Morgan fingerprint density at radius 3 is 2.34 bits per heavy atom. The Labute approximate surface area is 187 Å². The Bertz CT molecular complexity index is 981. The number of carbonyl (C=O) groups is 3. The molecule has 2 saturated heterocycles. The molecule has 32 heavy (non-hydrogen) atoms. The number of hydrogen-bond donors (Lipinski definition) is 1. The van der Waals surface area contributed by atoms with Gasteiger partial charge in [-0.05, 0) is 49.9 Å². The van der Waals surface area contributed by atoms with Crippen molar-refractivity contribution in [3.05, 3.63) is 24.3 Å². The number of nitrogens with zero attached hydrogens (tertiary/aromatic N) is 2. The number of amides is 3. The number of imide groups is 1. The highest BCUT2D eigenvalue weighted by Gasteiger charge is 2.46. The maximum absolute atomic E-state index is 13.4. The molecule has 9 nitrogen and oxygen atoms in total. The van der Waals surface area contributed by atoms with E-state index in [0.717, 1.165) is 49.8 Å². The minimum Gasteiger partial charge on any atom is -0.376 e. The summed E-state index contributed by atoms with van der Waals surface area (Å²) >= 11 is 0. The van der Waals surface area contributed by atoms with Crippen molar-refractivity contribution in [2.24, 2.45) is 11.1 Å². The number of ether oxygens (including phenoxy) is 1. The fourth-order valence-corrected chi connectivity index (χ4v) is 5.39. The van der Waals surface area contributed by atoms with Crippen LogP contribution in [0.15, 0.2) is 29.2 Å². The zero-order valence-electron chi connectivity index (χ0n) is 17.9. The van der Waals surface area contributed by atoms with Crippen molar-refractivity contribution in [1.82, 2.24) is 4.90 Å². The lowest BCUT2D eigenvalue weighted by molar-refractivity contribution is -0.144. The molecule has 2 N–H and O–H groups in total. The monoisotopic (exact) mass is 463 g/mol. The molecule has 2 heterocycles. The predicted molar refractivity (Wildman–Crippen MR) is 116 cm³/mol. The zero-order valence-corrected chi connectivity index (χ0v) is 18.8. The van der Waals surface area contributed by atoms with Gasteiger partial charge in [0.15, 0.2) is 0 Å². The summed E-state index contributed by atoms with van der Waals surface area (Å²) in [6.45, 7) is 0.938. The van der Waals surface area contributed by atoms with Gasteiger partial charge in [0.25, 0.3) is 5.91 Å². The average molecular weight is 464 g/mol. The van der Waals surface area contributed by atoms with Crippen LogP contribution < -0.4 is 10.0 Å². The fraction of sp³-hybridized carbons (Fsp3) is 0.591. The highest BCUT2D eigenvalue weighted by atomic mass is 32.2. The Hall–Kier alpha value is -2.30. The van der Waals surface area contributed by atoms with Crippen LogP contribution in [0.4, 0.5) is 5.69 Å². The third kappa shape index (κ3) is 4.72. The van der Waals surface area contributed by atoms with Crippen molar-refractivity contribution < 1.29 is 27.5 Å². The number of carbonyl (C=O) groups excluding carboxylic acids is 3. The third-order valence-electron chi connectivity index (χ3n) is 6.58. The van der Waals surface area contributed by atoms with Gasteiger partial charge in [0.2, 0.25) is 21.8 Å². The molecule has 174 valence electrons. The maximum atomic E-state index is 13.4. The number of sulfonamides is 1. The van der Waals surface area contributed by atoms with Crippen LogP contribution in [0.1, 0.15) is 51.4 Å². The highest BCUT2D eigenvalue weighted by Crippen LogP contribution is 2.31. The minimum atomic E-state index is -3.89. The van der Waals surface area contributed by atoms with Crippen LogP contribution in [-0.2, 0) is 29.1 Å². The van der Waals surface area contributed by atoms with Crippen molar-refractivity contribution >= 4 is 33.4 Å². The molecule has 0 bridgehead atoms. The van der Waals surface area contributed by atoms with E-state index in [2.05, 4.69) is 0 Å². The SMILES string of the molecule is NS(=O)(=O)c1ccc(N2C(=O)CC(N(CC3CCCO3)C(=O)C3CCCCC3)C2=O)cc1. The maximum Gasteiger partial charge on any atom is 0.257 e. The molecule has 0 aromatic heterocycles. The number of anilines is 1. The summed E-state index contributed by atoms with van der Waals surface area (Å²) in [5.41, 5.74) is 0.261. The van der Waals surface area contributed by atoms with Crippen molar-refractivity contribution in [3.8, 4) is 0 Å². The topological polar surface area (TPSA) is 127 Å². The molecule has 0 spiro atoms. The molecule has 4 rings (SSSR count). The van der Waals surface area contributed by atoms with Crippen LogP contribution in [0.25, 0.3) is 0 Å². The van der Waals surface area contributed by atoms with Crippen LogP contribution in [-0.4, -0.2) is 56.3 Å². The lowest BCUT2D eigenvalue weighted by Crippen LogP contribution is -2.50. The Kier molecular flexibility index (Phi) is 6.64. The smallest absolute Gasteiger partial charge is 0.257 e. The quantitative estimate of drug-likeness (QED) is 0.638. The van der Waals surface area contributed by atoms with E-state index in [1.165, 1.54) is 24.3 Å². The first-order valence-corrected chi connectivity index (χ1v) is 12.7. The molecule has 3 aliphatic rings. The van der Waals surface area contributed by atoms with Gasteiger partial charge in [-0.3, -0.25) is 14.4 Å². The first-order valence-electron chi connectivity index (χ1n) is 11.2. The molecule has 3 fully saturated rings. The van der Waals surface area contributed by atoms with Gasteiger partial charge in [-0.1, -0.05) is 19.3 Å². The zero-order chi connectivity index (χ0) is 22.9. The Morgan fingerprint density at radius 2 is 1.75 bits per heavy atom. The van der Waals surface area contributed by atoms with Crippen molar-refractivity contribution in [2.45, 2.75) is 68.4 Å². The summed E-state index contributed by atoms with van der Waals surface area (Å²) < 4.78 is 28.7. The summed E-state index contributed by atoms with van der Waals surface area (Å²) in [6, 6.07) is 4.40. The van der Waals surface area contributed by atoms with Gasteiger partial charge in [-0.15, -0.1) is 0 Å². The molecular formula is C22H29N3O6S. The molecule has 2 unspecified atom stereocenters. The lowest BCUT2D eigenvalue weighted by Gasteiger charge is -2.34. The molecule has 0 radical (unpaired) electrons. The van der Waals surface area contributed by atoms with Gasteiger partial charge in [-0.25, -0.2) is 18.5 Å². The van der Waals surface area contributed by atoms with Gasteiger partial charge in [0.05, 0.1) is 23.1 Å². The molecule has 2 aliphatic heterocycles. The van der Waals surface area contributed by atoms with Crippen LogP contribution >= 0.6 is 0 Å². The summed E-state index contributed by atoms with van der Waals surface area (Å²) in [7, 11) is -3.89. The van der Waals surface area contributed by atoms with Crippen LogP contribution in [0.3, 0.4) is 0 Å². The van der Waals surface area contributed by atoms with Gasteiger partial charge in [0.1, 0.15) is 6.04 Å².